The minimum Gasteiger partial charge on any atom is -0.497 e. The number of rotatable bonds is 2. The van der Waals surface area contributed by atoms with Crippen molar-refractivity contribution in [2.24, 2.45) is 0 Å². The Hall–Kier alpha value is -1.06. The average Bonchev–Trinajstić information content (AvgIpc) is 2.30. The first-order chi connectivity index (χ1) is 7.29. The number of benzene rings is 1. The molecule has 1 saturated heterocycles. The molecule has 1 fully saturated rings. The highest BCUT2D eigenvalue weighted by atomic mass is 16.5. The van der Waals surface area contributed by atoms with Crippen LogP contribution in [0.25, 0.3) is 0 Å². The fraction of sp³-hybridized carbons (Fsp3) is 0.500. The van der Waals surface area contributed by atoms with Crippen LogP contribution in [0.15, 0.2) is 24.3 Å². The Morgan fingerprint density at radius 3 is 2.33 bits per heavy atom. The highest BCUT2D eigenvalue weighted by Crippen LogP contribution is 2.28. The first-order valence-corrected chi connectivity index (χ1v) is 5.37. The lowest BCUT2D eigenvalue weighted by Crippen LogP contribution is -2.29. The third-order valence-electron chi connectivity index (χ3n) is 3.06. The summed E-state index contributed by atoms with van der Waals surface area (Å²) in [5.41, 5.74) is 1.35. The number of hydrogen-bond acceptors (Lipinski definition) is 3. The van der Waals surface area contributed by atoms with Crippen molar-refractivity contribution >= 4 is 0 Å². The number of ether oxygens (including phenoxy) is 1. The molecule has 0 amide bonds. The molecule has 1 N–H and O–H groups in total. The van der Waals surface area contributed by atoms with E-state index in [1.54, 1.807) is 7.11 Å². The maximum absolute atomic E-state index is 9.27. The Kier molecular flexibility index (Phi) is 3.23. The van der Waals surface area contributed by atoms with Gasteiger partial charge in [0.05, 0.1) is 7.11 Å². The SMILES string of the molecule is COc1ccc(C2CCN(O)CC2)cc1. The summed E-state index contributed by atoms with van der Waals surface area (Å²) in [6.07, 6.45) is 2.06. The summed E-state index contributed by atoms with van der Waals surface area (Å²) < 4.78 is 5.13. The van der Waals surface area contributed by atoms with Gasteiger partial charge in [0.2, 0.25) is 0 Å². The smallest absolute Gasteiger partial charge is 0.118 e. The van der Waals surface area contributed by atoms with Gasteiger partial charge in [-0.3, -0.25) is 0 Å². The van der Waals surface area contributed by atoms with E-state index >= 15 is 0 Å². The van der Waals surface area contributed by atoms with Crippen LogP contribution in [-0.4, -0.2) is 30.5 Å². The summed E-state index contributed by atoms with van der Waals surface area (Å²) in [5.74, 6) is 1.48. The van der Waals surface area contributed by atoms with E-state index in [0.717, 1.165) is 31.7 Å². The predicted octanol–water partition coefficient (Wildman–Crippen LogP) is 2.26. The molecule has 2 rings (SSSR count). The van der Waals surface area contributed by atoms with Crippen molar-refractivity contribution in [3.8, 4) is 5.75 Å². The zero-order valence-corrected chi connectivity index (χ0v) is 9.02. The molecule has 15 heavy (non-hydrogen) atoms. The molecule has 1 heterocycles. The second-order valence-electron chi connectivity index (χ2n) is 4.00. The van der Waals surface area contributed by atoms with Crippen molar-refractivity contribution in [3.05, 3.63) is 29.8 Å². The van der Waals surface area contributed by atoms with E-state index in [9.17, 15) is 5.21 Å². The van der Waals surface area contributed by atoms with Crippen LogP contribution in [0.5, 0.6) is 5.75 Å². The van der Waals surface area contributed by atoms with Crippen molar-refractivity contribution in [2.75, 3.05) is 20.2 Å². The highest BCUT2D eigenvalue weighted by Gasteiger charge is 2.18. The lowest BCUT2D eigenvalue weighted by Gasteiger charge is -2.27. The van der Waals surface area contributed by atoms with Gasteiger partial charge in [-0.15, -0.1) is 0 Å². The number of hydrogen-bond donors (Lipinski definition) is 1. The summed E-state index contributed by atoms with van der Waals surface area (Å²) >= 11 is 0. The maximum atomic E-state index is 9.27. The topological polar surface area (TPSA) is 32.7 Å². The molecule has 0 saturated carbocycles. The normalized spacial score (nSPS) is 19.1. The number of hydroxylamine groups is 2. The summed E-state index contributed by atoms with van der Waals surface area (Å²) in [5, 5.41) is 10.7. The van der Waals surface area contributed by atoms with Crippen molar-refractivity contribution in [2.45, 2.75) is 18.8 Å². The van der Waals surface area contributed by atoms with E-state index < -0.39 is 0 Å². The Bertz CT molecular complexity index is 302. The molecule has 1 aliphatic heterocycles. The molecule has 3 heteroatoms. The van der Waals surface area contributed by atoms with Crippen LogP contribution in [-0.2, 0) is 0 Å². The molecule has 1 aliphatic rings. The van der Waals surface area contributed by atoms with Gasteiger partial charge in [0.1, 0.15) is 5.75 Å². The Morgan fingerprint density at radius 1 is 1.20 bits per heavy atom. The van der Waals surface area contributed by atoms with E-state index in [0.29, 0.717) is 5.92 Å². The molecular weight excluding hydrogens is 190 g/mol. The van der Waals surface area contributed by atoms with E-state index in [4.69, 9.17) is 4.74 Å². The largest absolute Gasteiger partial charge is 0.497 e. The van der Waals surface area contributed by atoms with Crippen LogP contribution in [0, 0.1) is 0 Å². The van der Waals surface area contributed by atoms with Crippen molar-refractivity contribution in [1.29, 1.82) is 0 Å². The van der Waals surface area contributed by atoms with E-state index in [1.165, 1.54) is 10.6 Å². The van der Waals surface area contributed by atoms with Crippen LogP contribution < -0.4 is 4.74 Å². The van der Waals surface area contributed by atoms with Gasteiger partial charge >= 0.3 is 0 Å². The molecule has 0 spiro atoms. The average molecular weight is 207 g/mol. The maximum Gasteiger partial charge on any atom is 0.118 e. The highest BCUT2D eigenvalue weighted by molar-refractivity contribution is 5.29. The fourth-order valence-corrected chi connectivity index (χ4v) is 2.08. The summed E-state index contributed by atoms with van der Waals surface area (Å²) in [6.45, 7) is 1.55. The summed E-state index contributed by atoms with van der Waals surface area (Å²) in [6, 6.07) is 8.24. The van der Waals surface area contributed by atoms with Crippen LogP contribution in [0.4, 0.5) is 0 Å². The van der Waals surface area contributed by atoms with Crippen LogP contribution in [0.3, 0.4) is 0 Å². The van der Waals surface area contributed by atoms with Gasteiger partial charge in [0, 0.05) is 13.1 Å². The lowest BCUT2D eigenvalue weighted by molar-refractivity contribution is -0.106. The molecule has 0 bridgehead atoms. The Balaban J connectivity index is 2.03. The molecule has 3 nitrogen and oxygen atoms in total. The van der Waals surface area contributed by atoms with Gasteiger partial charge in [-0.05, 0) is 36.5 Å². The van der Waals surface area contributed by atoms with Crippen molar-refractivity contribution in [1.82, 2.24) is 5.06 Å². The molecule has 1 aromatic rings. The number of nitrogens with zero attached hydrogens (tertiary/aromatic N) is 1. The predicted molar refractivity (Wildman–Crippen MR) is 58.3 cm³/mol. The number of methoxy groups -OCH3 is 1. The second kappa shape index (κ2) is 4.64. The zero-order chi connectivity index (χ0) is 10.7. The van der Waals surface area contributed by atoms with Crippen molar-refractivity contribution in [3.63, 3.8) is 0 Å². The lowest BCUT2D eigenvalue weighted by atomic mass is 9.90. The van der Waals surface area contributed by atoms with Crippen LogP contribution >= 0.6 is 0 Å². The van der Waals surface area contributed by atoms with Gasteiger partial charge in [0.25, 0.3) is 0 Å². The molecule has 0 atom stereocenters. The molecule has 0 radical (unpaired) electrons. The molecule has 0 unspecified atom stereocenters. The molecule has 0 aromatic heterocycles. The first kappa shape index (κ1) is 10.5. The van der Waals surface area contributed by atoms with Gasteiger partial charge in [-0.25, -0.2) is 0 Å². The third-order valence-corrected chi connectivity index (χ3v) is 3.06. The van der Waals surface area contributed by atoms with E-state index in [2.05, 4.69) is 12.1 Å². The quantitative estimate of drug-likeness (QED) is 0.807. The number of piperidine rings is 1. The second-order valence-corrected chi connectivity index (χ2v) is 4.00. The minimum atomic E-state index is 0.583. The standard InChI is InChI=1S/C12H17NO2/c1-15-12-4-2-10(3-5-12)11-6-8-13(14)9-7-11/h2-5,11,14H,6-9H2,1H3. The molecule has 1 aromatic carbocycles. The summed E-state index contributed by atoms with van der Waals surface area (Å²) in [4.78, 5) is 0. The first-order valence-electron chi connectivity index (χ1n) is 5.37. The third kappa shape index (κ3) is 2.49. The van der Waals surface area contributed by atoms with Crippen molar-refractivity contribution < 1.29 is 9.94 Å². The zero-order valence-electron chi connectivity index (χ0n) is 9.02. The fourth-order valence-electron chi connectivity index (χ4n) is 2.08. The molecule has 82 valence electrons. The molecular formula is C12H17NO2. The summed E-state index contributed by atoms with van der Waals surface area (Å²) in [7, 11) is 1.68. The van der Waals surface area contributed by atoms with E-state index in [-0.39, 0.29) is 0 Å². The van der Waals surface area contributed by atoms with Gasteiger partial charge < -0.3 is 9.94 Å². The monoisotopic (exact) mass is 207 g/mol. The van der Waals surface area contributed by atoms with Gasteiger partial charge in [-0.1, -0.05) is 12.1 Å². The minimum absolute atomic E-state index is 0.583. The van der Waals surface area contributed by atoms with Crippen LogP contribution in [0.1, 0.15) is 24.3 Å². The molecule has 0 aliphatic carbocycles. The van der Waals surface area contributed by atoms with E-state index in [1.807, 2.05) is 12.1 Å². The Morgan fingerprint density at radius 2 is 1.80 bits per heavy atom. The van der Waals surface area contributed by atoms with Crippen LogP contribution in [0.2, 0.25) is 0 Å². The van der Waals surface area contributed by atoms with Gasteiger partial charge in [-0.2, -0.15) is 5.06 Å². The van der Waals surface area contributed by atoms with Gasteiger partial charge in [0.15, 0.2) is 0 Å². The Labute approximate surface area is 90.2 Å².